The minimum Gasteiger partial charge on any atom is -0.508 e. The maximum Gasteiger partial charge on any atom is 0.254 e. The van der Waals surface area contributed by atoms with Crippen LogP contribution in [0.4, 0.5) is 0 Å². The highest BCUT2D eigenvalue weighted by Crippen LogP contribution is 2.40. The van der Waals surface area contributed by atoms with Gasteiger partial charge in [0.05, 0.1) is 11.9 Å². The van der Waals surface area contributed by atoms with Crippen molar-refractivity contribution >= 4 is 29.5 Å². The Morgan fingerprint density at radius 1 is 1.11 bits per heavy atom. The average molecular weight is 526 g/mol. The molecule has 4 N–H and O–H groups in total. The third kappa shape index (κ3) is 6.27. The summed E-state index contributed by atoms with van der Waals surface area (Å²) in [5.74, 6) is -0.569. The first kappa shape index (κ1) is 27.0. The number of phenolic OH excluding ortho intramolecular Hbond substituents is 1. The summed E-state index contributed by atoms with van der Waals surface area (Å²) in [5.41, 5.74) is 1.50. The van der Waals surface area contributed by atoms with E-state index >= 15 is 0 Å². The van der Waals surface area contributed by atoms with Gasteiger partial charge in [0.15, 0.2) is 6.10 Å². The molecule has 2 aromatic carbocycles. The number of nitrogens with zero attached hydrogens (tertiary/aromatic N) is 1. The lowest BCUT2D eigenvalue weighted by Crippen LogP contribution is -2.58. The second-order valence-corrected chi connectivity index (χ2v) is 12.0. The van der Waals surface area contributed by atoms with E-state index < -0.39 is 34.7 Å². The molecule has 2 aromatic rings. The van der Waals surface area contributed by atoms with Crippen LogP contribution in [0.15, 0.2) is 48.5 Å². The molecule has 0 unspecified atom stereocenters. The number of aliphatic hydroxyl groups excluding tert-OH is 1. The maximum absolute atomic E-state index is 13.7. The van der Waals surface area contributed by atoms with Crippen LogP contribution >= 0.6 is 11.8 Å². The zero-order valence-corrected chi connectivity index (χ0v) is 22.3. The van der Waals surface area contributed by atoms with Gasteiger partial charge in [0.1, 0.15) is 11.8 Å². The van der Waals surface area contributed by atoms with Crippen LogP contribution in [0.3, 0.4) is 0 Å². The topological polar surface area (TPSA) is 119 Å². The fraction of sp³-hybridized carbons (Fsp3) is 0.464. The van der Waals surface area contributed by atoms with E-state index in [1.54, 1.807) is 19.1 Å². The van der Waals surface area contributed by atoms with E-state index in [4.69, 9.17) is 0 Å². The molecule has 2 fully saturated rings. The normalized spacial score (nSPS) is 20.2. The number of nitrogens with one attached hydrogen (secondary N) is 2. The molecule has 0 spiro atoms. The summed E-state index contributed by atoms with van der Waals surface area (Å²) < 4.78 is -0.528. The molecule has 3 atom stereocenters. The van der Waals surface area contributed by atoms with Gasteiger partial charge >= 0.3 is 0 Å². The van der Waals surface area contributed by atoms with Crippen LogP contribution in [0.1, 0.15) is 48.2 Å². The summed E-state index contributed by atoms with van der Waals surface area (Å²) >= 11 is 1.49. The zero-order valence-electron chi connectivity index (χ0n) is 21.4. The van der Waals surface area contributed by atoms with Crippen molar-refractivity contribution < 1.29 is 24.6 Å². The lowest BCUT2D eigenvalue weighted by Gasteiger charge is -2.33. The van der Waals surface area contributed by atoms with Crippen molar-refractivity contribution in [3.8, 4) is 5.75 Å². The van der Waals surface area contributed by atoms with Crippen molar-refractivity contribution in [2.24, 2.45) is 5.92 Å². The molecule has 1 saturated heterocycles. The number of hydrogen-bond acceptors (Lipinski definition) is 6. The van der Waals surface area contributed by atoms with E-state index in [1.165, 1.54) is 22.7 Å². The van der Waals surface area contributed by atoms with Gasteiger partial charge in [-0.3, -0.25) is 14.4 Å². The van der Waals surface area contributed by atoms with Gasteiger partial charge in [-0.2, -0.15) is 0 Å². The van der Waals surface area contributed by atoms with Gasteiger partial charge in [0.2, 0.25) is 5.91 Å². The molecule has 1 heterocycles. The van der Waals surface area contributed by atoms with Gasteiger partial charge in [-0.1, -0.05) is 36.4 Å². The number of thioether (sulfide) groups is 1. The number of phenols is 1. The van der Waals surface area contributed by atoms with Crippen LogP contribution < -0.4 is 10.6 Å². The number of amides is 3. The Balaban J connectivity index is 1.56. The number of aromatic hydroxyl groups is 1. The van der Waals surface area contributed by atoms with Crippen molar-refractivity contribution in [3.05, 3.63) is 65.2 Å². The van der Waals surface area contributed by atoms with E-state index in [0.29, 0.717) is 18.0 Å². The summed E-state index contributed by atoms with van der Waals surface area (Å²) in [4.78, 5) is 41.4. The Bertz CT molecular complexity index is 1150. The first-order valence-electron chi connectivity index (χ1n) is 12.6. The molecule has 9 heteroatoms. The van der Waals surface area contributed by atoms with Crippen molar-refractivity contribution in [3.63, 3.8) is 0 Å². The monoisotopic (exact) mass is 525 g/mol. The quantitative estimate of drug-likeness (QED) is 0.400. The number of aliphatic hydroxyl groups is 1. The highest BCUT2D eigenvalue weighted by atomic mass is 32.2. The van der Waals surface area contributed by atoms with Crippen LogP contribution in [-0.2, 0) is 16.0 Å². The van der Waals surface area contributed by atoms with Crippen molar-refractivity contribution in [1.82, 2.24) is 15.5 Å². The van der Waals surface area contributed by atoms with E-state index in [2.05, 4.69) is 10.6 Å². The standard InChI is InChI=1S/C28H35N3O5S/c1-17-20(10-7-11-22(17)32)25(34)30-21(14-18-8-5-4-6-9-18)23(33)27(36)31-16-37-28(2,3)24(31)26(35)29-15-19-12-13-19/h4-11,19,21,23-24,32-33H,12-16H2,1-3H3,(H,29,35)(H,30,34)/t21-,23-,24-/m0/s1. The molecule has 3 amide bonds. The highest BCUT2D eigenvalue weighted by Gasteiger charge is 2.50. The first-order valence-corrected chi connectivity index (χ1v) is 13.6. The largest absolute Gasteiger partial charge is 0.508 e. The Morgan fingerprint density at radius 3 is 2.49 bits per heavy atom. The lowest BCUT2D eigenvalue weighted by atomic mass is 9.96. The number of carbonyl (C=O) groups excluding carboxylic acids is 3. The number of carbonyl (C=O) groups is 3. The Labute approximate surface area is 221 Å². The second-order valence-electron chi connectivity index (χ2n) is 10.4. The van der Waals surface area contributed by atoms with Crippen molar-refractivity contribution in [2.75, 3.05) is 12.4 Å². The molecule has 4 rings (SSSR count). The minimum absolute atomic E-state index is 0.0136. The van der Waals surface area contributed by atoms with Crippen LogP contribution in [0, 0.1) is 12.8 Å². The van der Waals surface area contributed by atoms with Crippen molar-refractivity contribution in [2.45, 2.75) is 63.0 Å². The molecular formula is C28H35N3O5S. The Hall–Kier alpha value is -3.04. The highest BCUT2D eigenvalue weighted by molar-refractivity contribution is 8.00. The summed E-state index contributed by atoms with van der Waals surface area (Å²) in [6, 6.07) is 12.2. The van der Waals surface area contributed by atoms with Gasteiger partial charge in [-0.25, -0.2) is 0 Å². The second kappa shape index (κ2) is 11.1. The van der Waals surface area contributed by atoms with Crippen LogP contribution in [0.25, 0.3) is 0 Å². The molecular weight excluding hydrogens is 490 g/mol. The summed E-state index contributed by atoms with van der Waals surface area (Å²) in [6.45, 7) is 6.07. The van der Waals surface area contributed by atoms with E-state index in [0.717, 1.165) is 18.4 Å². The van der Waals surface area contributed by atoms with Gasteiger partial charge < -0.3 is 25.7 Å². The Morgan fingerprint density at radius 2 is 1.81 bits per heavy atom. The van der Waals surface area contributed by atoms with Crippen molar-refractivity contribution in [1.29, 1.82) is 0 Å². The molecule has 0 aromatic heterocycles. The molecule has 1 aliphatic heterocycles. The minimum atomic E-state index is -1.57. The molecule has 1 saturated carbocycles. The van der Waals surface area contributed by atoms with E-state index in [9.17, 15) is 24.6 Å². The smallest absolute Gasteiger partial charge is 0.254 e. The molecule has 37 heavy (non-hydrogen) atoms. The van der Waals surface area contributed by atoms with Gasteiger partial charge in [0.25, 0.3) is 11.8 Å². The predicted molar refractivity (Wildman–Crippen MR) is 143 cm³/mol. The number of hydrogen-bond donors (Lipinski definition) is 4. The summed E-state index contributed by atoms with van der Waals surface area (Å²) in [7, 11) is 0. The van der Waals surface area contributed by atoms with Gasteiger partial charge in [-0.05, 0) is 63.6 Å². The fourth-order valence-electron chi connectivity index (χ4n) is 4.64. The summed E-state index contributed by atoms with van der Waals surface area (Å²) in [5, 5.41) is 27.2. The molecule has 1 aliphatic carbocycles. The third-order valence-corrected chi connectivity index (χ3v) is 8.51. The van der Waals surface area contributed by atoms with Gasteiger partial charge in [-0.15, -0.1) is 11.8 Å². The predicted octanol–water partition coefficient (Wildman–Crippen LogP) is 2.61. The first-order chi connectivity index (χ1) is 17.6. The number of rotatable bonds is 9. The molecule has 198 valence electrons. The van der Waals surface area contributed by atoms with Crippen LogP contribution in [-0.4, -0.2) is 68.2 Å². The fourth-order valence-corrected chi connectivity index (χ4v) is 5.78. The van der Waals surface area contributed by atoms with E-state index in [-0.39, 0.29) is 29.5 Å². The molecule has 8 nitrogen and oxygen atoms in total. The Kier molecular flexibility index (Phi) is 8.14. The SMILES string of the molecule is Cc1c(O)cccc1C(=O)N[C@@H](Cc1ccccc1)[C@H](O)C(=O)N1CSC(C)(C)[C@@H]1C(=O)NCC1CC1. The average Bonchev–Trinajstić information content (AvgIpc) is 3.65. The van der Waals surface area contributed by atoms with Crippen LogP contribution in [0.2, 0.25) is 0 Å². The molecule has 0 bridgehead atoms. The molecule has 0 radical (unpaired) electrons. The summed E-state index contributed by atoms with van der Waals surface area (Å²) in [6.07, 6.45) is 0.837. The van der Waals surface area contributed by atoms with Gasteiger partial charge in [0, 0.05) is 22.4 Å². The lowest BCUT2D eigenvalue weighted by molar-refractivity contribution is -0.147. The third-order valence-electron chi connectivity index (χ3n) is 7.14. The maximum atomic E-state index is 13.7. The van der Waals surface area contributed by atoms with Crippen LogP contribution in [0.5, 0.6) is 5.75 Å². The number of benzene rings is 2. The van der Waals surface area contributed by atoms with E-state index in [1.807, 2.05) is 44.2 Å². The molecule has 2 aliphatic rings. The zero-order chi connectivity index (χ0) is 26.7.